The van der Waals surface area contributed by atoms with Crippen LogP contribution in [0.4, 0.5) is 0 Å². The summed E-state index contributed by atoms with van der Waals surface area (Å²) in [5.74, 6) is 0. The molecule has 0 amide bonds. The molecule has 1 fully saturated rings. The first-order chi connectivity index (χ1) is 11.8. The minimum Gasteiger partial charge on any atom is -0.385 e. The fraction of sp³-hybridized carbons (Fsp3) is 0.400. The van der Waals surface area contributed by atoms with Crippen LogP contribution in [0.3, 0.4) is 0 Å². The summed E-state index contributed by atoms with van der Waals surface area (Å²) >= 11 is 0. The highest BCUT2D eigenvalue weighted by Gasteiger charge is 2.21. The van der Waals surface area contributed by atoms with Crippen LogP contribution in [0.5, 0.6) is 0 Å². The van der Waals surface area contributed by atoms with Gasteiger partial charge in [0, 0.05) is 0 Å². The maximum absolute atomic E-state index is 10.4. The van der Waals surface area contributed by atoms with E-state index in [0.29, 0.717) is 13.2 Å². The Labute approximate surface area is 143 Å². The van der Waals surface area contributed by atoms with Gasteiger partial charge >= 0.3 is 0 Å². The number of quaternary nitrogens is 1. The van der Waals surface area contributed by atoms with E-state index in [1.165, 1.54) is 4.90 Å². The average Bonchev–Trinajstić information content (AvgIpc) is 2.64. The quantitative estimate of drug-likeness (QED) is 0.799. The van der Waals surface area contributed by atoms with Gasteiger partial charge in [0.05, 0.1) is 19.8 Å². The molecule has 0 bridgehead atoms. The molecule has 0 spiro atoms. The van der Waals surface area contributed by atoms with Crippen LogP contribution in [0.15, 0.2) is 60.7 Å². The third kappa shape index (κ3) is 4.89. The van der Waals surface area contributed by atoms with Crippen molar-refractivity contribution in [2.24, 2.45) is 0 Å². The van der Waals surface area contributed by atoms with Crippen molar-refractivity contribution < 1.29 is 19.5 Å². The molecule has 0 aromatic heterocycles. The van der Waals surface area contributed by atoms with Crippen molar-refractivity contribution in [3.63, 3.8) is 0 Å². The summed E-state index contributed by atoms with van der Waals surface area (Å²) in [6, 6.07) is 20.3. The van der Waals surface area contributed by atoms with Gasteiger partial charge in [-0.05, 0) is 11.1 Å². The second-order valence-corrected chi connectivity index (χ2v) is 6.26. The van der Waals surface area contributed by atoms with E-state index in [0.717, 1.165) is 37.4 Å². The van der Waals surface area contributed by atoms with E-state index in [1.807, 2.05) is 36.4 Å². The topological polar surface area (TPSA) is 43.1 Å². The number of hydrogen-bond acceptors (Lipinski definition) is 3. The van der Waals surface area contributed by atoms with E-state index in [9.17, 15) is 5.11 Å². The Morgan fingerprint density at radius 2 is 1.46 bits per heavy atom. The highest BCUT2D eigenvalue weighted by molar-refractivity contribution is 5.29. The molecule has 0 aliphatic carbocycles. The highest BCUT2D eigenvalue weighted by Crippen LogP contribution is 2.25. The molecular formula is C20H26NO3+. The zero-order valence-electron chi connectivity index (χ0n) is 13.9. The van der Waals surface area contributed by atoms with Crippen LogP contribution in [0.25, 0.3) is 0 Å². The zero-order chi connectivity index (χ0) is 16.6. The zero-order valence-corrected chi connectivity index (χ0v) is 13.9. The predicted molar refractivity (Wildman–Crippen MR) is 93.1 cm³/mol. The van der Waals surface area contributed by atoms with Crippen LogP contribution in [0.1, 0.15) is 17.2 Å². The number of aliphatic hydroxyl groups is 1. The Hall–Kier alpha value is -1.72. The number of benzene rings is 2. The number of nitrogens with one attached hydrogen (secondary N) is 1. The summed E-state index contributed by atoms with van der Waals surface area (Å²) in [5, 5.41) is 10.4. The van der Waals surface area contributed by atoms with Crippen LogP contribution >= 0.6 is 0 Å². The first-order valence-electron chi connectivity index (χ1n) is 8.64. The fourth-order valence-corrected chi connectivity index (χ4v) is 3.10. The molecule has 0 unspecified atom stereocenters. The smallest absolute Gasteiger partial charge is 0.126 e. The molecule has 4 heteroatoms. The van der Waals surface area contributed by atoms with Gasteiger partial charge in [-0.3, -0.25) is 0 Å². The summed E-state index contributed by atoms with van der Waals surface area (Å²) < 4.78 is 11.5. The second-order valence-electron chi connectivity index (χ2n) is 6.26. The van der Waals surface area contributed by atoms with Gasteiger partial charge in [-0.25, -0.2) is 0 Å². The maximum atomic E-state index is 10.4. The second kappa shape index (κ2) is 8.94. The average molecular weight is 328 g/mol. The lowest BCUT2D eigenvalue weighted by molar-refractivity contribution is -0.911. The third-order valence-electron chi connectivity index (χ3n) is 4.38. The highest BCUT2D eigenvalue weighted by atomic mass is 16.5. The van der Waals surface area contributed by atoms with E-state index in [4.69, 9.17) is 9.47 Å². The Morgan fingerprint density at radius 3 is 2.00 bits per heavy atom. The van der Waals surface area contributed by atoms with Gasteiger partial charge in [-0.1, -0.05) is 60.7 Å². The van der Waals surface area contributed by atoms with Crippen molar-refractivity contribution in [1.29, 1.82) is 0 Å². The van der Waals surface area contributed by atoms with Crippen molar-refractivity contribution in [3.05, 3.63) is 71.8 Å². The van der Waals surface area contributed by atoms with Crippen LogP contribution in [0.2, 0.25) is 0 Å². The molecule has 128 valence electrons. The van der Waals surface area contributed by atoms with Crippen LogP contribution < -0.4 is 4.90 Å². The van der Waals surface area contributed by atoms with E-state index < -0.39 is 6.10 Å². The normalized spacial score (nSPS) is 17.1. The lowest BCUT2D eigenvalue weighted by atomic mass is 10.0. The number of morpholine rings is 1. The lowest BCUT2D eigenvalue weighted by Gasteiger charge is -2.27. The largest absolute Gasteiger partial charge is 0.385 e. The molecule has 3 rings (SSSR count). The number of rotatable bonds is 7. The monoisotopic (exact) mass is 328 g/mol. The first kappa shape index (κ1) is 17.1. The molecule has 0 radical (unpaired) electrons. The van der Waals surface area contributed by atoms with Crippen LogP contribution in [-0.2, 0) is 9.47 Å². The SMILES string of the molecule is O[C@H](COC(c1ccccc1)c1ccccc1)C[NH+]1CCOCC1. The molecule has 1 heterocycles. The summed E-state index contributed by atoms with van der Waals surface area (Å²) in [6.45, 7) is 4.51. The van der Waals surface area contributed by atoms with E-state index >= 15 is 0 Å². The van der Waals surface area contributed by atoms with Gasteiger partial charge in [0.25, 0.3) is 0 Å². The van der Waals surface area contributed by atoms with Crippen molar-refractivity contribution >= 4 is 0 Å². The fourth-order valence-electron chi connectivity index (χ4n) is 3.10. The third-order valence-corrected chi connectivity index (χ3v) is 4.38. The van der Waals surface area contributed by atoms with Gasteiger partial charge < -0.3 is 19.5 Å². The maximum Gasteiger partial charge on any atom is 0.126 e. The van der Waals surface area contributed by atoms with E-state index in [1.54, 1.807) is 0 Å². The summed E-state index contributed by atoms with van der Waals surface area (Å²) in [4.78, 5) is 1.38. The van der Waals surface area contributed by atoms with Crippen molar-refractivity contribution in [2.45, 2.75) is 12.2 Å². The molecule has 2 aromatic rings. The summed E-state index contributed by atoms with van der Waals surface area (Å²) in [6.07, 6.45) is -0.616. The standard InChI is InChI=1S/C20H25NO3/c22-19(15-21-11-13-23-14-12-21)16-24-20(17-7-3-1-4-8-17)18-9-5-2-6-10-18/h1-10,19-20,22H,11-16H2/p+1/t19-/m0/s1. The van der Waals surface area contributed by atoms with Crippen molar-refractivity contribution in [3.8, 4) is 0 Å². The molecule has 24 heavy (non-hydrogen) atoms. The minimum atomic E-state index is -0.465. The van der Waals surface area contributed by atoms with E-state index in [-0.39, 0.29) is 6.10 Å². The molecule has 1 saturated heterocycles. The molecule has 1 aliphatic heterocycles. The van der Waals surface area contributed by atoms with Crippen LogP contribution in [-0.4, -0.2) is 50.7 Å². The Balaban J connectivity index is 1.62. The van der Waals surface area contributed by atoms with Gasteiger partial charge in [0.1, 0.15) is 31.8 Å². The van der Waals surface area contributed by atoms with Gasteiger partial charge in [0.15, 0.2) is 0 Å². The Morgan fingerprint density at radius 1 is 0.917 bits per heavy atom. The number of ether oxygens (including phenoxy) is 2. The number of aliphatic hydroxyl groups excluding tert-OH is 1. The van der Waals surface area contributed by atoms with Gasteiger partial charge in [-0.2, -0.15) is 0 Å². The van der Waals surface area contributed by atoms with Crippen molar-refractivity contribution in [2.75, 3.05) is 39.5 Å². The number of hydrogen-bond donors (Lipinski definition) is 2. The van der Waals surface area contributed by atoms with Gasteiger partial charge in [-0.15, -0.1) is 0 Å². The van der Waals surface area contributed by atoms with Crippen molar-refractivity contribution in [1.82, 2.24) is 0 Å². The Bertz CT molecular complexity index is 545. The Kier molecular flexibility index (Phi) is 6.38. The lowest BCUT2D eigenvalue weighted by Crippen LogP contribution is -3.15. The molecule has 2 aromatic carbocycles. The molecule has 1 atom stereocenters. The molecule has 1 aliphatic rings. The van der Waals surface area contributed by atoms with Gasteiger partial charge in [0.2, 0.25) is 0 Å². The predicted octanol–water partition coefficient (Wildman–Crippen LogP) is 1.07. The minimum absolute atomic E-state index is 0.151. The van der Waals surface area contributed by atoms with Crippen LogP contribution in [0, 0.1) is 0 Å². The molecule has 2 N–H and O–H groups in total. The molecular weight excluding hydrogens is 302 g/mol. The molecule has 0 saturated carbocycles. The molecule has 4 nitrogen and oxygen atoms in total. The van der Waals surface area contributed by atoms with E-state index in [2.05, 4.69) is 24.3 Å². The summed E-state index contributed by atoms with van der Waals surface area (Å²) in [7, 11) is 0. The summed E-state index contributed by atoms with van der Waals surface area (Å²) in [5.41, 5.74) is 2.21. The first-order valence-corrected chi connectivity index (χ1v) is 8.64.